The second-order valence-corrected chi connectivity index (χ2v) is 7.50. The lowest BCUT2D eigenvalue weighted by atomic mass is 9.92. The number of nitrogens with two attached hydrogens (primary N) is 1. The molecule has 9 nitrogen and oxygen atoms in total. The average Bonchev–Trinajstić information content (AvgIpc) is 3.03. The molecular weight excluding hydrogens is 431 g/mol. The summed E-state index contributed by atoms with van der Waals surface area (Å²) in [5.74, 6) is -0.221. The first kappa shape index (κ1) is 21.7. The summed E-state index contributed by atoms with van der Waals surface area (Å²) in [5.41, 5.74) is 5.61. The van der Waals surface area contributed by atoms with Crippen molar-refractivity contribution in [1.29, 1.82) is 0 Å². The van der Waals surface area contributed by atoms with Gasteiger partial charge in [-0.05, 0) is 37.8 Å². The summed E-state index contributed by atoms with van der Waals surface area (Å²) in [6.45, 7) is -0.243. The van der Waals surface area contributed by atoms with Gasteiger partial charge in [-0.15, -0.1) is 13.2 Å². The molecule has 2 aromatic rings. The minimum Gasteiger partial charge on any atom is -0.487 e. The SMILES string of the molecule is Nc1ncc(OC2CCC(N3C(=O)CN(c4cccc(OC(F)(F)F)c4)C3=O)CC2)cn1. The van der Waals surface area contributed by atoms with Crippen molar-refractivity contribution in [3.8, 4) is 11.5 Å². The smallest absolute Gasteiger partial charge is 0.487 e. The number of urea groups is 1. The van der Waals surface area contributed by atoms with E-state index >= 15 is 0 Å². The Hall–Kier alpha value is -3.57. The van der Waals surface area contributed by atoms with E-state index in [0.717, 1.165) is 17.0 Å². The van der Waals surface area contributed by atoms with Crippen LogP contribution in [0.25, 0.3) is 0 Å². The number of nitrogens with zero attached hydrogens (tertiary/aromatic N) is 4. The van der Waals surface area contributed by atoms with E-state index in [1.807, 2.05) is 0 Å². The highest BCUT2D eigenvalue weighted by Crippen LogP contribution is 2.32. The highest BCUT2D eigenvalue weighted by Gasteiger charge is 2.42. The number of hydrogen-bond donors (Lipinski definition) is 1. The number of halogens is 3. The third kappa shape index (κ3) is 4.84. The quantitative estimate of drug-likeness (QED) is 0.696. The Morgan fingerprint density at radius 1 is 1.03 bits per heavy atom. The number of anilines is 2. The highest BCUT2D eigenvalue weighted by molar-refractivity contribution is 6.12. The molecule has 1 saturated carbocycles. The fraction of sp³-hybridized carbons (Fsp3) is 0.400. The predicted octanol–water partition coefficient (Wildman–Crippen LogP) is 3.12. The molecule has 12 heteroatoms. The van der Waals surface area contributed by atoms with Crippen LogP contribution in [-0.2, 0) is 4.79 Å². The Balaban J connectivity index is 1.38. The zero-order valence-electron chi connectivity index (χ0n) is 16.8. The number of carbonyl (C=O) groups excluding carboxylic acids is 2. The van der Waals surface area contributed by atoms with Crippen molar-refractivity contribution >= 4 is 23.6 Å². The number of nitrogen functional groups attached to an aromatic ring is 1. The summed E-state index contributed by atoms with van der Waals surface area (Å²) >= 11 is 0. The average molecular weight is 451 g/mol. The molecule has 2 aliphatic rings. The van der Waals surface area contributed by atoms with Crippen LogP contribution in [0.15, 0.2) is 36.7 Å². The van der Waals surface area contributed by atoms with Crippen LogP contribution in [0.5, 0.6) is 11.5 Å². The topological polar surface area (TPSA) is 111 Å². The van der Waals surface area contributed by atoms with E-state index in [2.05, 4.69) is 14.7 Å². The van der Waals surface area contributed by atoms with Crippen molar-refractivity contribution in [2.24, 2.45) is 0 Å². The van der Waals surface area contributed by atoms with Crippen LogP contribution in [0.3, 0.4) is 0 Å². The molecule has 1 saturated heterocycles. The molecule has 0 unspecified atom stereocenters. The van der Waals surface area contributed by atoms with E-state index in [-0.39, 0.29) is 30.3 Å². The van der Waals surface area contributed by atoms with Crippen molar-refractivity contribution in [3.05, 3.63) is 36.7 Å². The maximum Gasteiger partial charge on any atom is 0.573 e. The zero-order chi connectivity index (χ0) is 22.9. The second-order valence-electron chi connectivity index (χ2n) is 7.50. The number of alkyl halides is 3. The Morgan fingerprint density at radius 3 is 2.38 bits per heavy atom. The molecule has 1 aliphatic carbocycles. The van der Waals surface area contributed by atoms with Crippen LogP contribution < -0.4 is 20.1 Å². The van der Waals surface area contributed by atoms with Gasteiger partial charge in [0.1, 0.15) is 12.3 Å². The van der Waals surface area contributed by atoms with Gasteiger partial charge in [0.25, 0.3) is 5.91 Å². The number of aromatic nitrogens is 2. The summed E-state index contributed by atoms with van der Waals surface area (Å²) in [5, 5.41) is 0. The minimum absolute atomic E-state index is 0.112. The molecule has 0 atom stereocenters. The summed E-state index contributed by atoms with van der Waals surface area (Å²) in [6, 6.07) is 4.14. The van der Waals surface area contributed by atoms with Gasteiger partial charge in [0, 0.05) is 17.8 Å². The number of rotatable bonds is 5. The van der Waals surface area contributed by atoms with Crippen molar-refractivity contribution < 1.29 is 32.2 Å². The lowest BCUT2D eigenvalue weighted by molar-refractivity contribution is -0.274. The first-order valence-electron chi connectivity index (χ1n) is 9.93. The molecule has 32 heavy (non-hydrogen) atoms. The Labute approximate surface area is 180 Å². The number of amides is 3. The van der Waals surface area contributed by atoms with Crippen molar-refractivity contribution in [3.63, 3.8) is 0 Å². The van der Waals surface area contributed by atoms with Crippen LogP contribution in [0.2, 0.25) is 0 Å². The third-order valence-corrected chi connectivity index (χ3v) is 5.32. The van der Waals surface area contributed by atoms with Crippen LogP contribution >= 0.6 is 0 Å². The standard InChI is InChI=1S/C20H20F3N5O4/c21-20(22,23)32-15-3-1-2-13(8-15)27-11-17(29)28(19(27)30)12-4-6-14(7-5-12)31-16-9-25-18(24)26-10-16/h1-3,8-10,12,14H,4-7,11H2,(H2,24,25,26). The molecule has 4 rings (SSSR count). The van der Waals surface area contributed by atoms with E-state index in [4.69, 9.17) is 10.5 Å². The molecule has 2 fully saturated rings. The molecule has 3 amide bonds. The van der Waals surface area contributed by atoms with Crippen molar-refractivity contribution in [2.45, 2.75) is 44.2 Å². The molecule has 170 valence electrons. The molecule has 2 heterocycles. The maximum atomic E-state index is 12.9. The lowest BCUT2D eigenvalue weighted by Gasteiger charge is -2.33. The largest absolute Gasteiger partial charge is 0.573 e. The molecular formula is C20H20F3N5O4. The monoisotopic (exact) mass is 451 g/mol. The number of carbonyl (C=O) groups is 2. The number of imide groups is 1. The minimum atomic E-state index is -4.85. The van der Waals surface area contributed by atoms with Gasteiger partial charge in [0.15, 0.2) is 5.75 Å². The molecule has 0 bridgehead atoms. The molecule has 1 aromatic carbocycles. The van der Waals surface area contributed by atoms with E-state index in [1.165, 1.54) is 29.4 Å². The fourth-order valence-corrected chi connectivity index (χ4v) is 3.93. The normalized spacial score (nSPS) is 21.7. The molecule has 1 aromatic heterocycles. The molecule has 0 radical (unpaired) electrons. The molecule has 2 N–H and O–H groups in total. The van der Waals surface area contributed by atoms with Crippen molar-refractivity contribution in [1.82, 2.24) is 14.9 Å². The van der Waals surface area contributed by atoms with Gasteiger partial charge in [0.2, 0.25) is 5.95 Å². The van der Waals surface area contributed by atoms with Gasteiger partial charge < -0.3 is 15.2 Å². The van der Waals surface area contributed by atoms with Gasteiger partial charge in [-0.1, -0.05) is 6.07 Å². The van der Waals surface area contributed by atoms with Gasteiger partial charge in [-0.2, -0.15) is 0 Å². The van der Waals surface area contributed by atoms with Crippen LogP contribution in [0.1, 0.15) is 25.7 Å². The Bertz CT molecular complexity index is 993. The van der Waals surface area contributed by atoms with Crippen LogP contribution in [0.4, 0.5) is 29.6 Å². The Morgan fingerprint density at radius 2 is 1.72 bits per heavy atom. The van der Waals surface area contributed by atoms with Crippen molar-refractivity contribution in [2.75, 3.05) is 17.2 Å². The molecule has 0 spiro atoms. The molecule has 1 aliphatic heterocycles. The summed E-state index contributed by atoms with van der Waals surface area (Å²) in [4.78, 5) is 35.6. The van der Waals surface area contributed by atoms with Gasteiger partial charge in [-0.3, -0.25) is 14.6 Å². The first-order valence-corrected chi connectivity index (χ1v) is 9.93. The fourth-order valence-electron chi connectivity index (χ4n) is 3.93. The number of hydrogen-bond acceptors (Lipinski definition) is 7. The van der Waals surface area contributed by atoms with Gasteiger partial charge in [-0.25, -0.2) is 14.8 Å². The summed E-state index contributed by atoms with van der Waals surface area (Å²) < 4.78 is 47.2. The number of benzene rings is 1. The number of ether oxygens (including phenoxy) is 2. The summed E-state index contributed by atoms with van der Waals surface area (Å²) in [7, 11) is 0. The highest BCUT2D eigenvalue weighted by atomic mass is 19.4. The third-order valence-electron chi connectivity index (χ3n) is 5.32. The second kappa shape index (κ2) is 8.52. The summed E-state index contributed by atoms with van der Waals surface area (Å²) in [6.07, 6.45) is 0.314. The first-order chi connectivity index (χ1) is 15.2. The van der Waals surface area contributed by atoms with E-state index in [9.17, 15) is 22.8 Å². The van der Waals surface area contributed by atoms with E-state index in [0.29, 0.717) is 31.4 Å². The van der Waals surface area contributed by atoms with Crippen LogP contribution in [0, 0.1) is 0 Å². The Kier molecular flexibility index (Phi) is 5.76. The van der Waals surface area contributed by atoms with E-state index < -0.39 is 24.1 Å². The maximum absolute atomic E-state index is 12.9. The lowest BCUT2D eigenvalue weighted by Crippen LogP contribution is -2.44. The van der Waals surface area contributed by atoms with Gasteiger partial charge in [0.05, 0.1) is 18.5 Å². The van der Waals surface area contributed by atoms with Crippen LogP contribution in [-0.4, -0.2) is 51.9 Å². The van der Waals surface area contributed by atoms with Gasteiger partial charge >= 0.3 is 12.4 Å². The van der Waals surface area contributed by atoms with E-state index in [1.54, 1.807) is 0 Å². The zero-order valence-corrected chi connectivity index (χ0v) is 16.8. The predicted molar refractivity (Wildman–Crippen MR) is 106 cm³/mol.